The molecule has 0 aliphatic carbocycles. The third-order valence-electron chi connectivity index (χ3n) is 6.78. The topological polar surface area (TPSA) is 147 Å². The summed E-state index contributed by atoms with van der Waals surface area (Å²) >= 11 is 0. The van der Waals surface area contributed by atoms with Crippen LogP contribution in [-0.2, 0) is 10.0 Å². The number of hydrogen-bond acceptors (Lipinski definition) is 8. The number of fused-ring (bicyclic) bond motifs is 1. The number of anilines is 2. The Morgan fingerprint density at radius 3 is 2.75 bits per heavy atom. The highest BCUT2D eigenvalue weighted by atomic mass is 32.2. The fourth-order valence-electron chi connectivity index (χ4n) is 4.70. The fourth-order valence-corrected chi connectivity index (χ4v) is 5.35. The van der Waals surface area contributed by atoms with Crippen LogP contribution in [0.2, 0.25) is 0 Å². The minimum atomic E-state index is -3.47. The summed E-state index contributed by atoms with van der Waals surface area (Å²) in [5, 5.41) is 14.0. The van der Waals surface area contributed by atoms with Crippen LogP contribution in [0.5, 0.6) is 11.6 Å². The quantitative estimate of drug-likeness (QED) is 0.267. The molecule has 2 aromatic carbocycles. The van der Waals surface area contributed by atoms with Gasteiger partial charge in [-0.2, -0.15) is 0 Å². The number of piperidine rings is 1. The van der Waals surface area contributed by atoms with Crippen molar-refractivity contribution in [3.05, 3.63) is 66.5 Å². The molecule has 1 fully saturated rings. The van der Waals surface area contributed by atoms with Crippen molar-refractivity contribution in [3.63, 3.8) is 0 Å². The first kappa shape index (κ1) is 27.1. The van der Waals surface area contributed by atoms with Gasteiger partial charge in [0.2, 0.25) is 21.9 Å². The second-order valence-corrected chi connectivity index (χ2v) is 11.6. The van der Waals surface area contributed by atoms with E-state index in [0.29, 0.717) is 53.0 Å². The molecule has 40 heavy (non-hydrogen) atoms. The maximum Gasteiger partial charge on any atom is 0.407 e. The van der Waals surface area contributed by atoms with Gasteiger partial charge in [-0.3, -0.25) is 4.72 Å². The van der Waals surface area contributed by atoms with Crippen molar-refractivity contribution in [3.8, 4) is 22.9 Å². The second kappa shape index (κ2) is 11.3. The van der Waals surface area contributed by atoms with E-state index in [1.54, 1.807) is 43.6 Å². The van der Waals surface area contributed by atoms with Gasteiger partial charge >= 0.3 is 6.09 Å². The summed E-state index contributed by atoms with van der Waals surface area (Å²) in [6.45, 7) is 4.38. The highest BCUT2D eigenvalue weighted by Crippen LogP contribution is 2.38. The predicted molar refractivity (Wildman–Crippen MR) is 153 cm³/mol. The number of likely N-dealkylation sites (tertiary alicyclic amines) is 1. The van der Waals surface area contributed by atoms with E-state index in [1.807, 2.05) is 31.2 Å². The number of carboxylic acid groups (broad SMARTS) is 1. The smallest absolute Gasteiger partial charge is 0.407 e. The average molecular weight is 563 g/mol. The Morgan fingerprint density at radius 2 is 1.95 bits per heavy atom. The number of rotatable bonds is 8. The van der Waals surface area contributed by atoms with Crippen LogP contribution in [0, 0.1) is 6.92 Å². The van der Waals surface area contributed by atoms with Crippen LogP contribution < -0.4 is 14.8 Å². The molecule has 3 N–H and O–H groups in total. The van der Waals surface area contributed by atoms with Crippen molar-refractivity contribution in [1.82, 2.24) is 19.9 Å². The number of aromatic nitrogens is 3. The summed E-state index contributed by atoms with van der Waals surface area (Å²) in [4.78, 5) is 26.3. The van der Waals surface area contributed by atoms with Crippen LogP contribution in [-0.4, -0.2) is 64.4 Å². The number of benzene rings is 2. The number of amides is 1. The summed E-state index contributed by atoms with van der Waals surface area (Å²) in [5.74, 6) is 1.23. The Kier molecular flexibility index (Phi) is 7.69. The van der Waals surface area contributed by atoms with Gasteiger partial charge in [-0.25, -0.2) is 28.2 Å². The molecule has 1 saturated heterocycles. The molecule has 3 heterocycles. The van der Waals surface area contributed by atoms with Crippen LogP contribution in [0.3, 0.4) is 0 Å². The summed E-state index contributed by atoms with van der Waals surface area (Å²) < 4.78 is 33.6. The number of nitrogens with zero attached hydrogens (tertiary/aromatic N) is 4. The molecule has 11 nitrogen and oxygen atoms in total. The monoisotopic (exact) mass is 562 g/mol. The molecular weight excluding hydrogens is 532 g/mol. The van der Waals surface area contributed by atoms with Crippen molar-refractivity contribution in [2.24, 2.45) is 0 Å². The third-order valence-corrected chi connectivity index (χ3v) is 8.07. The van der Waals surface area contributed by atoms with E-state index >= 15 is 0 Å². The number of sulfonamides is 1. The zero-order valence-corrected chi connectivity index (χ0v) is 23.0. The molecule has 208 valence electrons. The second-order valence-electron chi connectivity index (χ2n) is 9.55. The van der Waals surface area contributed by atoms with Gasteiger partial charge < -0.3 is 20.1 Å². The lowest BCUT2D eigenvalue weighted by molar-refractivity contribution is 0.132. The van der Waals surface area contributed by atoms with Crippen LogP contribution in [0.1, 0.15) is 25.3 Å². The van der Waals surface area contributed by atoms with E-state index in [0.717, 1.165) is 23.8 Å². The number of nitrogens with one attached hydrogen (secondary N) is 2. The third kappa shape index (κ3) is 5.91. The van der Waals surface area contributed by atoms with Crippen molar-refractivity contribution >= 4 is 38.5 Å². The highest BCUT2D eigenvalue weighted by molar-refractivity contribution is 7.92. The molecule has 1 aliphatic heterocycles. The Bertz CT molecular complexity index is 1660. The van der Waals surface area contributed by atoms with Crippen LogP contribution in [0.4, 0.5) is 16.4 Å². The van der Waals surface area contributed by atoms with E-state index < -0.39 is 16.1 Å². The van der Waals surface area contributed by atoms with E-state index in [2.05, 4.69) is 25.0 Å². The van der Waals surface area contributed by atoms with Crippen LogP contribution >= 0.6 is 0 Å². The lowest BCUT2D eigenvalue weighted by atomic mass is 10.0. The van der Waals surface area contributed by atoms with Gasteiger partial charge in [-0.05, 0) is 56.5 Å². The van der Waals surface area contributed by atoms with Gasteiger partial charge in [0.15, 0.2) is 0 Å². The largest absolute Gasteiger partial charge is 0.465 e. The highest BCUT2D eigenvalue weighted by Gasteiger charge is 2.24. The molecule has 0 unspecified atom stereocenters. The minimum Gasteiger partial charge on any atom is -0.465 e. The molecule has 0 spiro atoms. The lowest BCUT2D eigenvalue weighted by Gasteiger charge is -2.31. The normalized spacial score (nSPS) is 15.6. The molecule has 5 rings (SSSR count). The van der Waals surface area contributed by atoms with E-state index in [4.69, 9.17) is 4.74 Å². The van der Waals surface area contributed by atoms with Gasteiger partial charge in [0, 0.05) is 42.3 Å². The first-order valence-corrected chi connectivity index (χ1v) is 14.6. The van der Waals surface area contributed by atoms with Crippen molar-refractivity contribution in [1.29, 1.82) is 0 Å². The predicted octanol–water partition coefficient (Wildman–Crippen LogP) is 5.11. The average Bonchev–Trinajstić information content (AvgIpc) is 2.95. The van der Waals surface area contributed by atoms with E-state index in [1.165, 1.54) is 4.90 Å². The fraction of sp³-hybridized carbons (Fsp3) is 0.286. The summed E-state index contributed by atoms with van der Waals surface area (Å²) in [5.41, 5.74) is 2.55. The van der Waals surface area contributed by atoms with E-state index in [-0.39, 0.29) is 11.8 Å². The molecule has 12 heteroatoms. The Balaban J connectivity index is 1.46. The Morgan fingerprint density at radius 1 is 1.10 bits per heavy atom. The first-order chi connectivity index (χ1) is 19.2. The lowest BCUT2D eigenvalue weighted by Crippen LogP contribution is -2.44. The first-order valence-electron chi connectivity index (χ1n) is 13.0. The molecule has 1 atom stereocenters. The molecule has 4 aromatic rings. The molecule has 0 radical (unpaired) electrons. The minimum absolute atomic E-state index is 0.0375. The zero-order valence-electron chi connectivity index (χ0n) is 22.2. The molecule has 1 amide bonds. The van der Waals surface area contributed by atoms with Gasteiger partial charge in [-0.1, -0.05) is 24.3 Å². The number of pyridine rings is 1. The van der Waals surface area contributed by atoms with Gasteiger partial charge in [0.25, 0.3) is 0 Å². The molecule has 0 saturated carbocycles. The maximum atomic E-state index is 12.3. The van der Waals surface area contributed by atoms with Crippen LogP contribution in [0.15, 0.2) is 60.9 Å². The Hall–Kier alpha value is -4.45. The number of hydrogen-bond donors (Lipinski definition) is 3. The standard InChI is InChI=1S/C28H30N6O5S/c1-3-40(37,38)33-24-10-4-8-21-20(24)12-11-18(2)25(21)39-26-22(9-5-14-29-26)23-13-15-30-27(32-23)31-19-7-6-16-34(17-19)28(35)36/h4-5,8-15,19,33H,3,6-7,16-17H2,1-2H3,(H,35,36)(H,30,31,32)/t19-/m0/s1. The van der Waals surface area contributed by atoms with Gasteiger partial charge in [0.05, 0.1) is 22.7 Å². The maximum absolute atomic E-state index is 12.3. The van der Waals surface area contributed by atoms with Crippen molar-refractivity contribution in [2.75, 3.05) is 28.9 Å². The van der Waals surface area contributed by atoms with Crippen molar-refractivity contribution in [2.45, 2.75) is 32.7 Å². The number of aryl methyl sites for hydroxylation is 1. The number of carbonyl (C=O) groups is 1. The number of ether oxygens (including phenoxy) is 1. The van der Waals surface area contributed by atoms with E-state index in [9.17, 15) is 18.3 Å². The summed E-state index contributed by atoms with van der Waals surface area (Å²) in [6, 6.07) is 14.4. The van der Waals surface area contributed by atoms with Gasteiger partial charge in [0.1, 0.15) is 5.75 Å². The molecule has 2 aromatic heterocycles. The SMILES string of the molecule is CCS(=O)(=O)Nc1cccc2c(Oc3ncccc3-c3ccnc(N[C@H]4CCCN(C(=O)O)C4)n3)c(C)ccc12. The Labute approximate surface area is 232 Å². The zero-order chi connectivity index (χ0) is 28.3. The summed E-state index contributed by atoms with van der Waals surface area (Å²) in [6.07, 6.45) is 3.90. The van der Waals surface area contributed by atoms with Gasteiger partial charge in [-0.15, -0.1) is 0 Å². The van der Waals surface area contributed by atoms with Crippen LogP contribution in [0.25, 0.3) is 22.0 Å². The summed E-state index contributed by atoms with van der Waals surface area (Å²) in [7, 11) is -3.47. The molecule has 1 aliphatic rings. The molecular formula is C28H30N6O5S. The van der Waals surface area contributed by atoms with Crippen molar-refractivity contribution < 1.29 is 23.1 Å². The molecule has 0 bridgehead atoms.